The van der Waals surface area contributed by atoms with Gasteiger partial charge in [0.1, 0.15) is 5.82 Å². The molecule has 1 aromatic heterocycles. The van der Waals surface area contributed by atoms with Gasteiger partial charge in [-0.05, 0) is 19.3 Å². The van der Waals surface area contributed by atoms with E-state index in [0.717, 1.165) is 6.42 Å². The van der Waals surface area contributed by atoms with Crippen molar-refractivity contribution in [2.24, 2.45) is 5.92 Å². The maximum atomic E-state index is 5.68. The number of nitrogens with zero attached hydrogens (tertiary/aromatic N) is 2. The summed E-state index contributed by atoms with van der Waals surface area (Å²) in [6, 6.07) is 1.74. The molecule has 1 unspecified atom stereocenters. The van der Waals surface area contributed by atoms with Crippen LogP contribution >= 0.6 is 0 Å². The second-order valence-electron chi connectivity index (χ2n) is 4.26. The third kappa shape index (κ3) is 3.92. The number of aromatic nitrogens is 2. The zero-order chi connectivity index (χ0) is 12.1. The fraction of sp³-hybridized carbons (Fsp3) is 0.636. The third-order valence-electron chi connectivity index (χ3n) is 2.10. The minimum Gasteiger partial charge on any atom is -0.474 e. The van der Waals surface area contributed by atoms with Gasteiger partial charge < -0.3 is 15.8 Å². The number of hydrogen-bond acceptors (Lipinski definition) is 5. The van der Waals surface area contributed by atoms with E-state index in [9.17, 15) is 0 Å². The van der Waals surface area contributed by atoms with E-state index in [-0.39, 0.29) is 12.1 Å². The summed E-state index contributed by atoms with van der Waals surface area (Å²) < 4.78 is 5.68. The predicted molar refractivity (Wildman–Crippen MR) is 65.5 cm³/mol. The summed E-state index contributed by atoms with van der Waals surface area (Å²) in [6.45, 7) is 6.35. The van der Waals surface area contributed by atoms with Crippen LogP contribution in [0.3, 0.4) is 0 Å². The van der Waals surface area contributed by atoms with E-state index in [2.05, 4.69) is 29.1 Å². The first-order valence-corrected chi connectivity index (χ1v) is 5.50. The SMILES string of the molecule is CNc1cc(OC(C)CC(C)C)nc(N)n1. The molecule has 5 nitrogen and oxygen atoms in total. The van der Waals surface area contributed by atoms with E-state index in [1.54, 1.807) is 13.1 Å². The van der Waals surface area contributed by atoms with E-state index in [4.69, 9.17) is 10.5 Å². The summed E-state index contributed by atoms with van der Waals surface area (Å²) >= 11 is 0. The minimum atomic E-state index is 0.124. The molecule has 0 saturated carbocycles. The lowest BCUT2D eigenvalue weighted by atomic mass is 10.1. The molecule has 1 atom stereocenters. The number of nitrogens with one attached hydrogen (secondary N) is 1. The van der Waals surface area contributed by atoms with Crippen molar-refractivity contribution in [2.75, 3.05) is 18.1 Å². The Hall–Kier alpha value is -1.52. The average Bonchev–Trinajstić information content (AvgIpc) is 2.14. The maximum Gasteiger partial charge on any atom is 0.225 e. The van der Waals surface area contributed by atoms with Crippen molar-refractivity contribution in [3.63, 3.8) is 0 Å². The highest BCUT2D eigenvalue weighted by molar-refractivity contribution is 5.42. The zero-order valence-electron chi connectivity index (χ0n) is 10.3. The molecule has 1 heterocycles. The Bertz CT molecular complexity index is 341. The van der Waals surface area contributed by atoms with Crippen molar-refractivity contribution in [1.29, 1.82) is 0 Å². The van der Waals surface area contributed by atoms with Gasteiger partial charge in [-0.3, -0.25) is 0 Å². The van der Waals surface area contributed by atoms with Gasteiger partial charge in [-0.15, -0.1) is 0 Å². The fourth-order valence-corrected chi connectivity index (χ4v) is 1.55. The van der Waals surface area contributed by atoms with E-state index in [1.165, 1.54) is 0 Å². The van der Waals surface area contributed by atoms with Crippen LogP contribution in [0.15, 0.2) is 6.07 Å². The van der Waals surface area contributed by atoms with E-state index in [1.807, 2.05) is 6.92 Å². The molecule has 5 heteroatoms. The Morgan fingerprint density at radius 2 is 2.06 bits per heavy atom. The molecule has 1 rings (SSSR count). The van der Waals surface area contributed by atoms with Crippen molar-refractivity contribution in [3.8, 4) is 5.88 Å². The van der Waals surface area contributed by atoms with E-state index in [0.29, 0.717) is 17.6 Å². The lowest BCUT2D eigenvalue weighted by Gasteiger charge is -2.16. The Morgan fingerprint density at radius 3 is 2.62 bits per heavy atom. The molecule has 0 radical (unpaired) electrons. The fourth-order valence-electron chi connectivity index (χ4n) is 1.55. The summed E-state index contributed by atoms with van der Waals surface area (Å²) in [7, 11) is 1.78. The van der Waals surface area contributed by atoms with E-state index >= 15 is 0 Å². The van der Waals surface area contributed by atoms with Gasteiger partial charge in [0.25, 0.3) is 0 Å². The molecule has 0 spiro atoms. The van der Waals surface area contributed by atoms with Crippen LogP contribution in [-0.2, 0) is 0 Å². The van der Waals surface area contributed by atoms with Crippen molar-refractivity contribution in [3.05, 3.63) is 6.07 Å². The highest BCUT2D eigenvalue weighted by Gasteiger charge is 2.09. The van der Waals surface area contributed by atoms with Gasteiger partial charge in [0.15, 0.2) is 0 Å². The molecule has 0 amide bonds. The number of hydrogen-bond donors (Lipinski definition) is 2. The highest BCUT2D eigenvalue weighted by Crippen LogP contribution is 2.17. The third-order valence-corrected chi connectivity index (χ3v) is 2.10. The van der Waals surface area contributed by atoms with Crippen LogP contribution in [0.5, 0.6) is 5.88 Å². The molecule has 16 heavy (non-hydrogen) atoms. The second kappa shape index (κ2) is 5.53. The summed E-state index contributed by atoms with van der Waals surface area (Å²) in [5.41, 5.74) is 5.57. The van der Waals surface area contributed by atoms with E-state index < -0.39 is 0 Å². The number of ether oxygens (including phenoxy) is 1. The first-order chi connectivity index (χ1) is 7.51. The first kappa shape index (κ1) is 12.5. The Labute approximate surface area is 96.4 Å². The van der Waals surface area contributed by atoms with Gasteiger partial charge in [0.05, 0.1) is 6.10 Å². The summed E-state index contributed by atoms with van der Waals surface area (Å²) in [6.07, 6.45) is 1.11. The average molecular weight is 224 g/mol. The van der Waals surface area contributed by atoms with Crippen LogP contribution in [0, 0.1) is 5.92 Å². The van der Waals surface area contributed by atoms with Gasteiger partial charge in [-0.2, -0.15) is 9.97 Å². The van der Waals surface area contributed by atoms with Crippen molar-refractivity contribution in [2.45, 2.75) is 33.3 Å². The van der Waals surface area contributed by atoms with Crippen molar-refractivity contribution >= 4 is 11.8 Å². The van der Waals surface area contributed by atoms with Gasteiger partial charge in [0, 0.05) is 13.1 Å². The van der Waals surface area contributed by atoms with Crippen LogP contribution in [0.25, 0.3) is 0 Å². The monoisotopic (exact) mass is 224 g/mol. The van der Waals surface area contributed by atoms with Crippen molar-refractivity contribution < 1.29 is 4.74 Å². The van der Waals surface area contributed by atoms with Crippen LogP contribution in [-0.4, -0.2) is 23.1 Å². The largest absolute Gasteiger partial charge is 0.474 e. The number of nitrogen functional groups attached to an aromatic ring is 1. The molecule has 3 N–H and O–H groups in total. The number of nitrogens with two attached hydrogens (primary N) is 1. The summed E-state index contributed by atoms with van der Waals surface area (Å²) in [5, 5.41) is 2.91. The molecule has 0 saturated heterocycles. The number of anilines is 2. The Morgan fingerprint density at radius 1 is 1.38 bits per heavy atom. The smallest absolute Gasteiger partial charge is 0.225 e. The molecule has 0 aliphatic heterocycles. The summed E-state index contributed by atoms with van der Waals surface area (Å²) in [5.74, 6) is 2.00. The number of rotatable bonds is 5. The normalized spacial score (nSPS) is 12.6. The topological polar surface area (TPSA) is 73.1 Å². The van der Waals surface area contributed by atoms with Gasteiger partial charge >= 0.3 is 0 Å². The molecule has 1 aromatic rings. The lowest BCUT2D eigenvalue weighted by Crippen LogP contribution is -2.16. The Kier molecular flexibility index (Phi) is 4.34. The van der Waals surface area contributed by atoms with Gasteiger partial charge in [-0.1, -0.05) is 13.8 Å². The minimum absolute atomic E-state index is 0.124. The van der Waals surface area contributed by atoms with Crippen LogP contribution in [0.4, 0.5) is 11.8 Å². The van der Waals surface area contributed by atoms with Crippen LogP contribution in [0.1, 0.15) is 27.2 Å². The van der Waals surface area contributed by atoms with Crippen LogP contribution < -0.4 is 15.8 Å². The van der Waals surface area contributed by atoms with Gasteiger partial charge in [-0.25, -0.2) is 0 Å². The molecular formula is C11H20N4O. The first-order valence-electron chi connectivity index (χ1n) is 5.50. The second-order valence-corrected chi connectivity index (χ2v) is 4.26. The Balaban J connectivity index is 2.69. The quantitative estimate of drug-likeness (QED) is 0.799. The molecule has 0 bridgehead atoms. The molecule has 0 aliphatic carbocycles. The lowest BCUT2D eigenvalue weighted by molar-refractivity contribution is 0.186. The molecule has 90 valence electrons. The molecular weight excluding hydrogens is 204 g/mol. The zero-order valence-corrected chi connectivity index (χ0v) is 10.3. The maximum absolute atomic E-state index is 5.68. The van der Waals surface area contributed by atoms with Crippen LogP contribution in [0.2, 0.25) is 0 Å². The summed E-state index contributed by atoms with van der Waals surface area (Å²) in [4.78, 5) is 8.03. The highest BCUT2D eigenvalue weighted by atomic mass is 16.5. The molecule has 0 fully saturated rings. The molecule has 0 aliphatic rings. The standard InChI is InChI=1S/C11H20N4O/c1-7(2)5-8(3)16-10-6-9(13-4)14-11(12)15-10/h6-8H,5H2,1-4H3,(H3,12,13,14,15). The predicted octanol–water partition coefficient (Wildman–Crippen LogP) is 1.91. The van der Waals surface area contributed by atoms with Crippen molar-refractivity contribution in [1.82, 2.24) is 9.97 Å². The van der Waals surface area contributed by atoms with Gasteiger partial charge in [0.2, 0.25) is 11.8 Å². The molecule has 0 aromatic carbocycles.